The summed E-state index contributed by atoms with van der Waals surface area (Å²) in [5.41, 5.74) is 1.26. The van der Waals surface area contributed by atoms with Gasteiger partial charge in [0, 0.05) is 6.54 Å². The van der Waals surface area contributed by atoms with Crippen LogP contribution in [0.5, 0.6) is 11.5 Å². The summed E-state index contributed by atoms with van der Waals surface area (Å²) in [6.07, 6.45) is 0.207. The highest BCUT2D eigenvalue weighted by atomic mass is 16.5. The number of anilines is 1. The lowest BCUT2D eigenvalue weighted by atomic mass is 9.98. The number of carboxylic acids is 1. The second kappa shape index (κ2) is 9.09. The largest absolute Gasteiger partial charge is 0.496 e. The minimum atomic E-state index is -1.02. The molecule has 1 unspecified atom stereocenters. The molecule has 1 aliphatic heterocycles. The Morgan fingerprint density at radius 3 is 2.69 bits per heavy atom. The molecule has 1 atom stereocenters. The van der Waals surface area contributed by atoms with Gasteiger partial charge < -0.3 is 19.9 Å². The number of hydrogen-bond acceptors (Lipinski definition) is 5. The van der Waals surface area contributed by atoms with E-state index in [1.165, 1.54) is 12.0 Å². The molecule has 8 nitrogen and oxygen atoms in total. The van der Waals surface area contributed by atoms with Crippen molar-refractivity contribution >= 4 is 23.5 Å². The van der Waals surface area contributed by atoms with Gasteiger partial charge in [-0.2, -0.15) is 0 Å². The van der Waals surface area contributed by atoms with Crippen molar-refractivity contribution in [2.24, 2.45) is 5.92 Å². The molecular weight excluding hydrogens is 376 g/mol. The van der Waals surface area contributed by atoms with Gasteiger partial charge in [0.2, 0.25) is 5.91 Å². The van der Waals surface area contributed by atoms with Crippen molar-refractivity contribution in [1.29, 1.82) is 0 Å². The molecule has 2 aromatic carbocycles. The van der Waals surface area contributed by atoms with E-state index in [9.17, 15) is 19.5 Å². The number of nitrogens with zero attached hydrogens (tertiary/aromatic N) is 1. The number of para-hydroxylation sites is 3. The topological polar surface area (TPSA) is 105 Å². The second-order valence-corrected chi connectivity index (χ2v) is 6.59. The normalized spacial score (nSPS) is 13.8. The first-order chi connectivity index (χ1) is 14.0. The van der Waals surface area contributed by atoms with E-state index in [4.69, 9.17) is 9.47 Å². The first-order valence-corrected chi connectivity index (χ1v) is 9.13. The van der Waals surface area contributed by atoms with Crippen LogP contribution in [0, 0.1) is 5.92 Å². The van der Waals surface area contributed by atoms with Crippen LogP contribution in [-0.4, -0.2) is 49.7 Å². The highest BCUT2D eigenvalue weighted by Gasteiger charge is 2.27. The predicted molar refractivity (Wildman–Crippen MR) is 105 cm³/mol. The number of hydrogen-bond donors (Lipinski definition) is 2. The number of benzene rings is 2. The van der Waals surface area contributed by atoms with E-state index in [0.717, 1.165) is 5.56 Å². The van der Waals surface area contributed by atoms with Gasteiger partial charge in [-0.3, -0.25) is 19.3 Å². The Bertz CT molecular complexity index is 914. The van der Waals surface area contributed by atoms with Crippen LogP contribution < -0.4 is 19.7 Å². The zero-order chi connectivity index (χ0) is 20.8. The number of carboxylic acid groups (broad SMARTS) is 1. The fraction of sp³-hybridized carbons (Fsp3) is 0.286. The Morgan fingerprint density at radius 1 is 1.21 bits per heavy atom. The van der Waals surface area contributed by atoms with Gasteiger partial charge >= 0.3 is 5.97 Å². The van der Waals surface area contributed by atoms with E-state index in [-0.39, 0.29) is 32.0 Å². The van der Waals surface area contributed by atoms with Crippen LogP contribution in [0.4, 0.5) is 5.69 Å². The number of rotatable bonds is 8. The number of carbonyl (C=O) groups is 3. The molecule has 0 saturated heterocycles. The lowest BCUT2D eigenvalue weighted by molar-refractivity contribution is -0.141. The summed E-state index contributed by atoms with van der Waals surface area (Å²) >= 11 is 0. The van der Waals surface area contributed by atoms with E-state index in [2.05, 4.69) is 5.32 Å². The van der Waals surface area contributed by atoms with Crippen molar-refractivity contribution in [1.82, 2.24) is 5.32 Å². The zero-order valence-electron chi connectivity index (χ0n) is 16.0. The summed E-state index contributed by atoms with van der Waals surface area (Å²) in [6.45, 7) is -0.414. The van der Waals surface area contributed by atoms with Crippen LogP contribution in [0.3, 0.4) is 0 Å². The molecule has 2 aromatic rings. The lowest BCUT2D eigenvalue weighted by Gasteiger charge is -2.28. The standard InChI is InChI=1S/C21H22N2O6/c1-28-17-8-4-2-6-14(17)10-15(21(26)27)11-22-19(24)12-23-16-7-3-5-9-18(16)29-13-20(23)25/h2-9,15H,10-13H2,1H3,(H,22,24)(H,26,27). The van der Waals surface area contributed by atoms with E-state index >= 15 is 0 Å². The van der Waals surface area contributed by atoms with Gasteiger partial charge in [0.15, 0.2) is 6.61 Å². The summed E-state index contributed by atoms with van der Waals surface area (Å²) in [7, 11) is 1.52. The molecule has 8 heteroatoms. The summed E-state index contributed by atoms with van der Waals surface area (Å²) in [6, 6.07) is 14.1. The molecule has 0 radical (unpaired) electrons. The van der Waals surface area contributed by atoms with Crippen molar-refractivity contribution in [2.75, 3.05) is 31.7 Å². The quantitative estimate of drug-likeness (QED) is 0.698. The third-order valence-corrected chi connectivity index (χ3v) is 4.66. The van der Waals surface area contributed by atoms with Crippen LogP contribution in [0.1, 0.15) is 5.56 Å². The number of aliphatic carboxylic acids is 1. The Labute approximate surface area is 168 Å². The molecule has 2 amide bonds. The van der Waals surface area contributed by atoms with Crippen LogP contribution in [0.15, 0.2) is 48.5 Å². The summed E-state index contributed by atoms with van der Waals surface area (Å²) in [5, 5.41) is 12.2. The van der Waals surface area contributed by atoms with Crippen LogP contribution in [-0.2, 0) is 20.8 Å². The monoisotopic (exact) mass is 398 g/mol. The van der Waals surface area contributed by atoms with Gasteiger partial charge in [0.05, 0.1) is 18.7 Å². The molecule has 152 valence electrons. The van der Waals surface area contributed by atoms with Crippen LogP contribution >= 0.6 is 0 Å². The SMILES string of the molecule is COc1ccccc1CC(CNC(=O)CN1C(=O)COc2ccccc21)C(=O)O. The van der Waals surface area contributed by atoms with Gasteiger partial charge in [-0.25, -0.2) is 0 Å². The van der Waals surface area contributed by atoms with Crippen LogP contribution in [0.25, 0.3) is 0 Å². The third-order valence-electron chi connectivity index (χ3n) is 4.66. The molecule has 1 aliphatic rings. The van der Waals surface area contributed by atoms with E-state index in [0.29, 0.717) is 17.2 Å². The van der Waals surface area contributed by atoms with Crippen molar-refractivity contribution in [2.45, 2.75) is 6.42 Å². The third kappa shape index (κ3) is 4.84. The lowest BCUT2D eigenvalue weighted by Crippen LogP contribution is -2.46. The van der Waals surface area contributed by atoms with Crippen molar-refractivity contribution < 1.29 is 29.0 Å². The maximum Gasteiger partial charge on any atom is 0.308 e. The Balaban J connectivity index is 1.63. The van der Waals surface area contributed by atoms with Gasteiger partial charge in [0.25, 0.3) is 5.91 Å². The molecule has 3 rings (SSSR count). The molecular formula is C21H22N2O6. The Morgan fingerprint density at radius 2 is 1.93 bits per heavy atom. The number of carbonyl (C=O) groups excluding carboxylic acids is 2. The minimum Gasteiger partial charge on any atom is -0.496 e. The number of fused-ring (bicyclic) bond motifs is 1. The smallest absolute Gasteiger partial charge is 0.308 e. The van der Waals surface area contributed by atoms with E-state index in [1.54, 1.807) is 48.5 Å². The maximum absolute atomic E-state index is 12.4. The first kappa shape index (κ1) is 20.2. The number of methoxy groups -OCH3 is 1. The fourth-order valence-electron chi connectivity index (χ4n) is 3.15. The molecule has 2 N–H and O–H groups in total. The average Bonchev–Trinajstić information content (AvgIpc) is 2.73. The summed E-state index contributed by atoms with van der Waals surface area (Å²) in [5.74, 6) is -1.50. The first-order valence-electron chi connectivity index (χ1n) is 9.13. The second-order valence-electron chi connectivity index (χ2n) is 6.59. The highest BCUT2D eigenvalue weighted by molar-refractivity contribution is 6.02. The van der Waals surface area contributed by atoms with Crippen LogP contribution in [0.2, 0.25) is 0 Å². The van der Waals surface area contributed by atoms with Gasteiger partial charge in [-0.15, -0.1) is 0 Å². The van der Waals surface area contributed by atoms with E-state index < -0.39 is 17.8 Å². The fourth-order valence-corrected chi connectivity index (χ4v) is 3.15. The summed E-state index contributed by atoms with van der Waals surface area (Å²) < 4.78 is 10.6. The molecule has 1 heterocycles. The molecule has 29 heavy (non-hydrogen) atoms. The summed E-state index contributed by atoms with van der Waals surface area (Å²) in [4.78, 5) is 37.6. The molecule has 0 spiro atoms. The molecule has 0 aliphatic carbocycles. The average molecular weight is 398 g/mol. The molecule has 0 aromatic heterocycles. The Hall–Kier alpha value is -3.55. The maximum atomic E-state index is 12.4. The van der Waals surface area contributed by atoms with Crippen molar-refractivity contribution in [3.8, 4) is 11.5 Å². The zero-order valence-corrected chi connectivity index (χ0v) is 16.0. The molecule has 0 bridgehead atoms. The highest BCUT2D eigenvalue weighted by Crippen LogP contribution is 2.31. The number of nitrogens with one attached hydrogen (secondary N) is 1. The minimum absolute atomic E-state index is 0.0631. The predicted octanol–water partition coefficient (Wildman–Crippen LogP) is 1.48. The number of ether oxygens (including phenoxy) is 2. The van der Waals surface area contributed by atoms with Gasteiger partial charge in [-0.1, -0.05) is 30.3 Å². The molecule has 0 fully saturated rings. The van der Waals surface area contributed by atoms with Gasteiger partial charge in [-0.05, 0) is 30.2 Å². The van der Waals surface area contributed by atoms with Crippen molar-refractivity contribution in [3.63, 3.8) is 0 Å². The van der Waals surface area contributed by atoms with Gasteiger partial charge in [0.1, 0.15) is 18.0 Å². The number of amides is 2. The van der Waals surface area contributed by atoms with Crippen molar-refractivity contribution in [3.05, 3.63) is 54.1 Å². The molecule has 0 saturated carbocycles. The Kier molecular flexibility index (Phi) is 6.33. The van der Waals surface area contributed by atoms with E-state index in [1.807, 2.05) is 0 Å².